The van der Waals surface area contributed by atoms with Crippen LogP contribution in [0.2, 0.25) is 0 Å². The van der Waals surface area contributed by atoms with E-state index in [9.17, 15) is 13.2 Å². The highest BCUT2D eigenvalue weighted by Gasteiger charge is 2.19. The summed E-state index contributed by atoms with van der Waals surface area (Å²) >= 11 is 0. The number of aromatic nitrogens is 2. The fourth-order valence-corrected chi connectivity index (χ4v) is 4.21. The fourth-order valence-electron chi connectivity index (χ4n) is 3.13. The number of ether oxygens (including phenoxy) is 1. The number of hydrogen-bond donors (Lipinski definition) is 1. The molecular weight excluding hydrogens is 414 g/mol. The van der Waals surface area contributed by atoms with E-state index in [1.54, 1.807) is 31.2 Å². The molecule has 0 unspecified atom stereocenters. The van der Waals surface area contributed by atoms with Gasteiger partial charge in [-0.15, -0.1) is 0 Å². The first-order chi connectivity index (χ1) is 14.8. The van der Waals surface area contributed by atoms with Crippen molar-refractivity contribution in [2.45, 2.75) is 25.3 Å². The first kappa shape index (κ1) is 20.6. The molecule has 0 atom stereocenters. The molecule has 0 saturated carbocycles. The van der Waals surface area contributed by atoms with Crippen LogP contribution in [-0.2, 0) is 16.6 Å². The number of imidazole rings is 1. The fraction of sp³-hybridized carbons (Fsp3) is 0.130. The van der Waals surface area contributed by atoms with E-state index in [1.807, 2.05) is 35.9 Å². The van der Waals surface area contributed by atoms with Crippen LogP contribution in [0.25, 0.3) is 5.65 Å². The summed E-state index contributed by atoms with van der Waals surface area (Å²) in [5, 5.41) is 0. The van der Waals surface area contributed by atoms with Crippen molar-refractivity contribution in [1.29, 1.82) is 0 Å². The number of aryl methyl sites for hydroxylation is 2. The first-order valence-corrected chi connectivity index (χ1v) is 11.1. The summed E-state index contributed by atoms with van der Waals surface area (Å²) in [4.78, 5) is 17.1. The number of carbonyl (C=O) groups excluding carboxylic acids is 1. The summed E-state index contributed by atoms with van der Waals surface area (Å²) in [5.74, 6) is -0.288. The summed E-state index contributed by atoms with van der Waals surface area (Å²) < 4.78 is 34.8. The van der Waals surface area contributed by atoms with E-state index in [1.165, 1.54) is 24.3 Å². The highest BCUT2D eigenvalue weighted by atomic mass is 32.2. The second-order valence-corrected chi connectivity index (χ2v) is 8.95. The molecule has 0 bridgehead atoms. The van der Waals surface area contributed by atoms with Crippen LogP contribution in [0, 0.1) is 13.8 Å². The van der Waals surface area contributed by atoms with Crippen molar-refractivity contribution in [1.82, 2.24) is 14.1 Å². The van der Waals surface area contributed by atoms with Crippen molar-refractivity contribution in [2.24, 2.45) is 0 Å². The molecule has 31 heavy (non-hydrogen) atoms. The summed E-state index contributed by atoms with van der Waals surface area (Å²) in [6.45, 7) is 4.00. The quantitative estimate of drug-likeness (QED) is 0.499. The second kappa shape index (κ2) is 8.23. The zero-order valence-electron chi connectivity index (χ0n) is 17.1. The molecule has 0 saturated heterocycles. The lowest BCUT2D eigenvalue weighted by atomic mass is 10.2. The Morgan fingerprint density at radius 3 is 2.61 bits per heavy atom. The smallest absolute Gasteiger partial charge is 0.265 e. The van der Waals surface area contributed by atoms with E-state index < -0.39 is 15.9 Å². The maximum atomic E-state index is 12.5. The zero-order valence-corrected chi connectivity index (χ0v) is 17.9. The molecule has 0 aliphatic carbocycles. The van der Waals surface area contributed by atoms with Crippen LogP contribution in [0.4, 0.5) is 0 Å². The van der Waals surface area contributed by atoms with Crippen molar-refractivity contribution >= 4 is 21.6 Å². The number of nitrogens with one attached hydrogen (secondary N) is 1. The number of benzene rings is 2. The van der Waals surface area contributed by atoms with Crippen LogP contribution in [0.15, 0.2) is 78.0 Å². The summed E-state index contributed by atoms with van der Waals surface area (Å²) in [6, 6.07) is 16.6. The molecule has 0 radical (unpaired) electrons. The van der Waals surface area contributed by atoms with Gasteiger partial charge in [-0.1, -0.05) is 24.3 Å². The number of sulfonamides is 1. The molecule has 0 fully saturated rings. The first-order valence-electron chi connectivity index (χ1n) is 9.61. The maximum absolute atomic E-state index is 12.5. The van der Waals surface area contributed by atoms with E-state index in [0.29, 0.717) is 5.75 Å². The number of hydrogen-bond acceptors (Lipinski definition) is 5. The predicted octanol–water partition coefficient (Wildman–Crippen LogP) is 3.65. The third kappa shape index (κ3) is 4.75. The highest BCUT2D eigenvalue weighted by molar-refractivity contribution is 7.90. The average Bonchev–Trinajstić information content (AvgIpc) is 3.14. The van der Waals surface area contributed by atoms with Gasteiger partial charge in [0.25, 0.3) is 15.9 Å². The Labute approximate surface area is 180 Å². The van der Waals surface area contributed by atoms with Crippen LogP contribution < -0.4 is 9.46 Å². The van der Waals surface area contributed by atoms with E-state index in [2.05, 4.69) is 9.71 Å². The van der Waals surface area contributed by atoms with Gasteiger partial charge in [0, 0.05) is 18.0 Å². The molecule has 158 valence electrons. The number of pyridine rings is 1. The Kier molecular flexibility index (Phi) is 5.48. The number of nitrogens with zero attached hydrogens (tertiary/aromatic N) is 2. The van der Waals surface area contributed by atoms with Crippen LogP contribution >= 0.6 is 0 Å². The van der Waals surface area contributed by atoms with E-state index >= 15 is 0 Å². The minimum atomic E-state index is -3.97. The molecule has 7 nitrogen and oxygen atoms in total. The topological polar surface area (TPSA) is 89.8 Å². The highest BCUT2D eigenvalue weighted by Crippen LogP contribution is 2.17. The van der Waals surface area contributed by atoms with Crippen molar-refractivity contribution in [3.05, 3.63) is 95.4 Å². The third-order valence-corrected chi connectivity index (χ3v) is 5.99. The van der Waals surface area contributed by atoms with E-state index in [4.69, 9.17) is 4.74 Å². The molecule has 8 heteroatoms. The van der Waals surface area contributed by atoms with Crippen molar-refractivity contribution in [3.8, 4) is 5.75 Å². The normalized spacial score (nSPS) is 11.4. The Bertz CT molecular complexity index is 1380. The van der Waals surface area contributed by atoms with Gasteiger partial charge in [-0.3, -0.25) is 4.79 Å². The molecule has 4 aromatic rings. The molecule has 0 aliphatic heterocycles. The van der Waals surface area contributed by atoms with Gasteiger partial charge >= 0.3 is 0 Å². The number of rotatable bonds is 6. The molecule has 4 rings (SSSR count). The molecule has 2 aromatic heterocycles. The van der Waals surface area contributed by atoms with Crippen LogP contribution in [0.1, 0.15) is 27.2 Å². The lowest BCUT2D eigenvalue weighted by Crippen LogP contribution is -2.30. The number of amides is 1. The summed E-state index contributed by atoms with van der Waals surface area (Å²) in [6.07, 6.45) is 3.86. The van der Waals surface area contributed by atoms with Gasteiger partial charge in [0.2, 0.25) is 0 Å². The largest absolute Gasteiger partial charge is 0.487 e. The molecule has 2 aromatic carbocycles. The van der Waals surface area contributed by atoms with Crippen molar-refractivity contribution < 1.29 is 17.9 Å². The second-order valence-electron chi connectivity index (χ2n) is 7.27. The van der Waals surface area contributed by atoms with Crippen molar-refractivity contribution in [3.63, 3.8) is 0 Å². The van der Waals surface area contributed by atoms with Gasteiger partial charge in [-0.2, -0.15) is 0 Å². The predicted molar refractivity (Wildman–Crippen MR) is 117 cm³/mol. The lowest BCUT2D eigenvalue weighted by molar-refractivity contribution is 0.0981. The minimum Gasteiger partial charge on any atom is -0.487 e. The average molecular weight is 436 g/mol. The maximum Gasteiger partial charge on any atom is 0.265 e. The van der Waals surface area contributed by atoms with Gasteiger partial charge in [0.1, 0.15) is 18.0 Å². The third-order valence-electron chi connectivity index (χ3n) is 4.66. The Hall–Kier alpha value is -3.65. The molecule has 1 amide bonds. The molecule has 0 aliphatic rings. The Morgan fingerprint density at radius 2 is 1.81 bits per heavy atom. The Balaban J connectivity index is 1.46. The Morgan fingerprint density at radius 1 is 1.00 bits per heavy atom. The molecule has 1 N–H and O–H groups in total. The van der Waals surface area contributed by atoms with Gasteiger partial charge in [0.15, 0.2) is 0 Å². The molecule has 2 heterocycles. The number of carbonyl (C=O) groups is 1. The van der Waals surface area contributed by atoms with Crippen LogP contribution in [0.3, 0.4) is 0 Å². The molecule has 0 spiro atoms. The minimum absolute atomic E-state index is 0.0374. The monoisotopic (exact) mass is 435 g/mol. The lowest BCUT2D eigenvalue weighted by Gasteiger charge is -2.09. The van der Waals surface area contributed by atoms with Crippen LogP contribution in [-0.4, -0.2) is 23.7 Å². The zero-order chi connectivity index (χ0) is 22.0. The van der Waals surface area contributed by atoms with E-state index in [0.717, 1.165) is 22.5 Å². The van der Waals surface area contributed by atoms with Crippen LogP contribution in [0.5, 0.6) is 5.75 Å². The van der Waals surface area contributed by atoms with Gasteiger partial charge in [-0.05, 0) is 61.4 Å². The summed E-state index contributed by atoms with van der Waals surface area (Å²) in [7, 11) is -3.97. The van der Waals surface area contributed by atoms with Gasteiger partial charge in [-0.25, -0.2) is 18.1 Å². The van der Waals surface area contributed by atoms with Crippen molar-refractivity contribution in [2.75, 3.05) is 0 Å². The number of fused-ring (bicyclic) bond motifs is 1. The van der Waals surface area contributed by atoms with Gasteiger partial charge in [0.05, 0.1) is 10.6 Å². The standard InChI is InChI=1S/C23H21N3O4S/c1-16-5-3-8-21(11-16)31(28,29)25-23(27)18-6-4-7-20(12-18)30-15-19-14-26-13-17(2)9-10-22(26)24-19/h3-14H,15H2,1-2H3,(H,25,27). The van der Waals surface area contributed by atoms with Gasteiger partial charge < -0.3 is 9.14 Å². The molecular formula is C23H21N3O4S. The van der Waals surface area contributed by atoms with E-state index in [-0.39, 0.29) is 17.1 Å². The summed E-state index contributed by atoms with van der Waals surface area (Å²) in [5.41, 5.74) is 3.64. The SMILES string of the molecule is Cc1cccc(S(=O)(=O)NC(=O)c2cccc(OCc3cn4cc(C)ccc4n3)c2)c1.